The summed E-state index contributed by atoms with van der Waals surface area (Å²) in [6.45, 7) is 6.59. The zero-order valence-corrected chi connectivity index (χ0v) is 11.4. The van der Waals surface area contributed by atoms with E-state index in [4.69, 9.17) is 0 Å². The Kier molecular flexibility index (Phi) is 3.99. The van der Waals surface area contributed by atoms with Gasteiger partial charge in [0, 0.05) is 0 Å². The first-order chi connectivity index (χ1) is 8.68. The van der Waals surface area contributed by atoms with E-state index in [1.54, 1.807) is 0 Å². The molecule has 0 heteroatoms. The molecule has 2 rings (SSSR count). The zero-order chi connectivity index (χ0) is 13.0. The molecule has 0 N–H and O–H groups in total. The molecule has 2 aromatic carbocycles. The molecule has 2 aromatic rings. The van der Waals surface area contributed by atoms with E-state index in [0.717, 1.165) is 6.42 Å². The summed E-state index contributed by atoms with van der Waals surface area (Å²) >= 11 is 0. The number of allylic oxidation sites excluding steroid dienone is 1. The monoisotopic (exact) mass is 236 g/mol. The Morgan fingerprint density at radius 3 is 2.28 bits per heavy atom. The molecule has 0 aliphatic rings. The van der Waals surface area contributed by atoms with Gasteiger partial charge >= 0.3 is 0 Å². The van der Waals surface area contributed by atoms with Gasteiger partial charge in [-0.3, -0.25) is 0 Å². The third-order valence-electron chi connectivity index (χ3n) is 3.62. The summed E-state index contributed by atoms with van der Waals surface area (Å²) < 4.78 is 0. The minimum atomic E-state index is 1.00. The molecule has 0 saturated heterocycles. The van der Waals surface area contributed by atoms with Crippen molar-refractivity contribution in [3.05, 3.63) is 76.4 Å². The van der Waals surface area contributed by atoms with E-state index < -0.39 is 0 Å². The third kappa shape index (κ3) is 2.89. The minimum Gasteiger partial charge on any atom is -0.0795 e. The highest BCUT2D eigenvalue weighted by Gasteiger charge is 2.01. The molecule has 0 aliphatic heterocycles. The van der Waals surface area contributed by atoms with Crippen LogP contribution in [0.4, 0.5) is 0 Å². The van der Waals surface area contributed by atoms with Crippen molar-refractivity contribution in [2.75, 3.05) is 0 Å². The average Bonchev–Trinajstić information content (AvgIpc) is 2.40. The van der Waals surface area contributed by atoms with Gasteiger partial charge in [0.05, 0.1) is 0 Å². The molecule has 0 bridgehead atoms. The molecule has 18 heavy (non-hydrogen) atoms. The first kappa shape index (κ1) is 12.6. The summed E-state index contributed by atoms with van der Waals surface area (Å²) in [5, 5.41) is 0. The standard InChI is InChI=1S/C18H20/c1-14-12-13-18(16(3)15(14)2)11-7-10-17-8-5-4-6-9-17/h4-10,12-13H,11H2,1-3H3. The predicted octanol–water partition coefficient (Wildman–Crippen LogP) is 4.87. The Hall–Kier alpha value is -1.82. The Morgan fingerprint density at radius 1 is 0.833 bits per heavy atom. The van der Waals surface area contributed by atoms with Gasteiger partial charge in [0.25, 0.3) is 0 Å². The molecule has 0 atom stereocenters. The van der Waals surface area contributed by atoms with Crippen molar-refractivity contribution in [1.29, 1.82) is 0 Å². The molecule has 0 fully saturated rings. The lowest BCUT2D eigenvalue weighted by molar-refractivity contribution is 1.16. The van der Waals surface area contributed by atoms with Crippen LogP contribution >= 0.6 is 0 Å². The Morgan fingerprint density at radius 2 is 1.56 bits per heavy atom. The van der Waals surface area contributed by atoms with Gasteiger partial charge < -0.3 is 0 Å². The van der Waals surface area contributed by atoms with Crippen molar-refractivity contribution in [2.24, 2.45) is 0 Å². The Balaban J connectivity index is 2.12. The van der Waals surface area contributed by atoms with Crippen molar-refractivity contribution in [3.8, 4) is 0 Å². The van der Waals surface area contributed by atoms with E-state index in [1.165, 1.54) is 27.8 Å². The first-order valence-electron chi connectivity index (χ1n) is 6.46. The summed E-state index contributed by atoms with van der Waals surface area (Å²) in [5.41, 5.74) is 6.90. The van der Waals surface area contributed by atoms with E-state index >= 15 is 0 Å². The molecule has 0 amide bonds. The highest BCUT2D eigenvalue weighted by atomic mass is 14.1. The van der Waals surface area contributed by atoms with Crippen molar-refractivity contribution >= 4 is 6.08 Å². The molecule has 0 unspecified atom stereocenters. The van der Waals surface area contributed by atoms with Crippen LogP contribution in [0.15, 0.2) is 48.5 Å². The van der Waals surface area contributed by atoms with Crippen molar-refractivity contribution < 1.29 is 0 Å². The van der Waals surface area contributed by atoms with E-state index in [0.29, 0.717) is 0 Å². The molecule has 0 aromatic heterocycles. The van der Waals surface area contributed by atoms with Crippen LogP contribution in [0.2, 0.25) is 0 Å². The van der Waals surface area contributed by atoms with Gasteiger partial charge in [-0.15, -0.1) is 0 Å². The van der Waals surface area contributed by atoms with Crippen molar-refractivity contribution in [1.82, 2.24) is 0 Å². The molecule has 92 valence electrons. The highest BCUT2D eigenvalue weighted by molar-refractivity contribution is 5.50. The largest absolute Gasteiger partial charge is 0.0795 e. The molecule has 0 nitrogen and oxygen atoms in total. The lowest BCUT2D eigenvalue weighted by Gasteiger charge is -2.09. The van der Waals surface area contributed by atoms with Crippen LogP contribution in [-0.2, 0) is 6.42 Å². The maximum Gasteiger partial charge on any atom is -0.00914 e. The molecule has 0 saturated carbocycles. The van der Waals surface area contributed by atoms with Crippen LogP contribution in [0.5, 0.6) is 0 Å². The summed E-state index contributed by atoms with van der Waals surface area (Å²) in [4.78, 5) is 0. The number of aryl methyl sites for hydroxylation is 1. The predicted molar refractivity (Wildman–Crippen MR) is 79.8 cm³/mol. The van der Waals surface area contributed by atoms with Gasteiger partial charge in [0.1, 0.15) is 0 Å². The van der Waals surface area contributed by atoms with Crippen molar-refractivity contribution in [2.45, 2.75) is 27.2 Å². The van der Waals surface area contributed by atoms with E-state index in [1.807, 2.05) is 6.07 Å². The molecule has 0 spiro atoms. The number of hydrogen-bond donors (Lipinski definition) is 0. The smallest absolute Gasteiger partial charge is 0.00914 e. The molecular weight excluding hydrogens is 216 g/mol. The number of hydrogen-bond acceptors (Lipinski definition) is 0. The van der Waals surface area contributed by atoms with Crippen molar-refractivity contribution in [3.63, 3.8) is 0 Å². The number of benzene rings is 2. The van der Waals surface area contributed by atoms with Crippen LogP contribution in [0, 0.1) is 20.8 Å². The third-order valence-corrected chi connectivity index (χ3v) is 3.62. The fraction of sp³-hybridized carbons (Fsp3) is 0.222. The van der Waals surface area contributed by atoms with Gasteiger partial charge in [-0.1, -0.05) is 54.6 Å². The second kappa shape index (κ2) is 5.68. The first-order valence-corrected chi connectivity index (χ1v) is 6.46. The van der Waals surface area contributed by atoms with Gasteiger partial charge in [-0.05, 0) is 55.0 Å². The molecule has 0 heterocycles. The van der Waals surface area contributed by atoms with E-state index in [9.17, 15) is 0 Å². The summed E-state index contributed by atoms with van der Waals surface area (Å²) in [6.07, 6.45) is 5.43. The summed E-state index contributed by atoms with van der Waals surface area (Å²) in [5.74, 6) is 0. The van der Waals surface area contributed by atoms with Crippen LogP contribution < -0.4 is 0 Å². The highest BCUT2D eigenvalue weighted by Crippen LogP contribution is 2.18. The normalized spacial score (nSPS) is 11.1. The Bertz CT molecular complexity index is 548. The lowest BCUT2D eigenvalue weighted by atomic mass is 9.97. The fourth-order valence-corrected chi connectivity index (χ4v) is 2.12. The molecule has 0 radical (unpaired) electrons. The maximum atomic E-state index is 2.24. The summed E-state index contributed by atoms with van der Waals surface area (Å²) in [6, 6.07) is 14.9. The molecule has 0 aliphatic carbocycles. The second-order valence-corrected chi connectivity index (χ2v) is 4.81. The van der Waals surface area contributed by atoms with Crippen LogP contribution in [0.3, 0.4) is 0 Å². The Labute approximate surface area is 110 Å². The second-order valence-electron chi connectivity index (χ2n) is 4.81. The van der Waals surface area contributed by atoms with E-state index in [2.05, 4.69) is 69.3 Å². The SMILES string of the molecule is Cc1ccc(CC=Cc2ccccc2)c(C)c1C. The maximum absolute atomic E-state index is 2.24. The lowest BCUT2D eigenvalue weighted by Crippen LogP contribution is -1.93. The van der Waals surface area contributed by atoms with Gasteiger partial charge in [-0.25, -0.2) is 0 Å². The van der Waals surface area contributed by atoms with Gasteiger partial charge in [0.2, 0.25) is 0 Å². The topological polar surface area (TPSA) is 0 Å². The van der Waals surface area contributed by atoms with Crippen LogP contribution in [0.25, 0.3) is 6.08 Å². The van der Waals surface area contributed by atoms with Gasteiger partial charge in [0.15, 0.2) is 0 Å². The fourth-order valence-electron chi connectivity index (χ4n) is 2.12. The zero-order valence-electron chi connectivity index (χ0n) is 11.4. The quantitative estimate of drug-likeness (QED) is 0.713. The van der Waals surface area contributed by atoms with Gasteiger partial charge in [-0.2, -0.15) is 0 Å². The van der Waals surface area contributed by atoms with Crippen LogP contribution in [-0.4, -0.2) is 0 Å². The average molecular weight is 236 g/mol. The van der Waals surface area contributed by atoms with Crippen LogP contribution in [0.1, 0.15) is 27.8 Å². The van der Waals surface area contributed by atoms with E-state index in [-0.39, 0.29) is 0 Å². The number of rotatable bonds is 3. The summed E-state index contributed by atoms with van der Waals surface area (Å²) in [7, 11) is 0. The minimum absolute atomic E-state index is 1.00. The molecular formula is C18H20.